The number of ether oxygens (including phenoxy) is 1. The summed E-state index contributed by atoms with van der Waals surface area (Å²) in [5, 5.41) is 19.3. The van der Waals surface area contributed by atoms with Crippen LogP contribution in [0.1, 0.15) is 11.3 Å². The molecule has 0 aliphatic heterocycles. The summed E-state index contributed by atoms with van der Waals surface area (Å²) in [5.74, 6) is 0.828. The molecule has 0 spiro atoms. The first kappa shape index (κ1) is 14.7. The quantitative estimate of drug-likeness (QED) is 0.775. The Bertz CT molecular complexity index is 953. The third-order valence-corrected chi connectivity index (χ3v) is 3.37. The van der Waals surface area contributed by atoms with E-state index in [-0.39, 0.29) is 16.9 Å². The minimum absolute atomic E-state index is 0.0179. The van der Waals surface area contributed by atoms with E-state index in [0.717, 1.165) is 5.56 Å². The second-order valence-electron chi connectivity index (χ2n) is 4.96. The van der Waals surface area contributed by atoms with E-state index < -0.39 is 0 Å². The number of fused-ring (bicyclic) bond motifs is 1. The summed E-state index contributed by atoms with van der Waals surface area (Å²) >= 11 is 0. The van der Waals surface area contributed by atoms with Crippen molar-refractivity contribution in [3.8, 4) is 17.2 Å². The number of phenolic OH excluding ortho intramolecular Hbond substituents is 2. The molecule has 23 heavy (non-hydrogen) atoms. The topological polar surface area (TPSA) is 79.9 Å². The van der Waals surface area contributed by atoms with Crippen molar-refractivity contribution < 1.29 is 19.4 Å². The molecule has 2 aromatic carbocycles. The number of hydrogen-bond acceptors (Lipinski definition) is 5. The number of benzene rings is 2. The molecule has 5 nitrogen and oxygen atoms in total. The van der Waals surface area contributed by atoms with Gasteiger partial charge >= 0.3 is 0 Å². The summed E-state index contributed by atoms with van der Waals surface area (Å²) < 4.78 is 10.7. The fourth-order valence-electron chi connectivity index (χ4n) is 2.22. The highest BCUT2D eigenvalue weighted by Crippen LogP contribution is 2.27. The lowest BCUT2D eigenvalue weighted by atomic mass is 10.1. The molecule has 5 heteroatoms. The number of methoxy groups -OCH3 is 1. The van der Waals surface area contributed by atoms with E-state index >= 15 is 0 Å². The van der Waals surface area contributed by atoms with Gasteiger partial charge in [-0.3, -0.25) is 4.79 Å². The molecule has 0 atom stereocenters. The summed E-state index contributed by atoms with van der Waals surface area (Å²) in [7, 11) is 1.47. The van der Waals surface area contributed by atoms with Gasteiger partial charge in [0.1, 0.15) is 17.1 Å². The Balaban J connectivity index is 1.98. The molecular weight excluding hydrogens is 296 g/mol. The number of rotatable bonds is 3. The SMILES string of the molecule is COc1cc(/C=C/c2cc(=O)c3cc(O)ccc3o2)ccc1O. The molecule has 1 heterocycles. The molecular formula is C18H14O5. The van der Waals surface area contributed by atoms with Crippen molar-refractivity contribution >= 4 is 23.1 Å². The van der Waals surface area contributed by atoms with Crippen LogP contribution >= 0.6 is 0 Å². The van der Waals surface area contributed by atoms with Crippen molar-refractivity contribution in [1.29, 1.82) is 0 Å². The first-order valence-electron chi connectivity index (χ1n) is 6.89. The Morgan fingerprint density at radius 2 is 1.87 bits per heavy atom. The molecule has 0 aliphatic rings. The summed E-state index contributed by atoms with van der Waals surface area (Å²) in [6.07, 6.45) is 3.39. The molecule has 2 N–H and O–H groups in total. The van der Waals surface area contributed by atoms with Crippen molar-refractivity contribution in [2.75, 3.05) is 7.11 Å². The smallest absolute Gasteiger partial charge is 0.193 e. The molecule has 0 saturated heterocycles. The molecule has 1 aromatic heterocycles. The fourth-order valence-corrected chi connectivity index (χ4v) is 2.22. The Hall–Kier alpha value is -3.21. The van der Waals surface area contributed by atoms with Crippen LogP contribution in [0.3, 0.4) is 0 Å². The minimum atomic E-state index is -0.231. The van der Waals surface area contributed by atoms with Crippen LogP contribution in [0.4, 0.5) is 0 Å². The summed E-state index contributed by atoms with van der Waals surface area (Å²) in [6, 6.07) is 10.7. The van der Waals surface area contributed by atoms with Crippen LogP contribution in [0, 0.1) is 0 Å². The Morgan fingerprint density at radius 3 is 2.65 bits per heavy atom. The van der Waals surface area contributed by atoms with E-state index in [9.17, 15) is 15.0 Å². The van der Waals surface area contributed by atoms with Crippen molar-refractivity contribution in [2.45, 2.75) is 0 Å². The van der Waals surface area contributed by atoms with Crippen molar-refractivity contribution in [3.63, 3.8) is 0 Å². The van der Waals surface area contributed by atoms with Gasteiger partial charge in [-0.15, -0.1) is 0 Å². The third kappa shape index (κ3) is 3.03. The lowest BCUT2D eigenvalue weighted by Gasteiger charge is -2.03. The number of phenols is 2. The summed E-state index contributed by atoms with van der Waals surface area (Å²) in [5.41, 5.74) is 0.955. The van der Waals surface area contributed by atoms with Gasteiger partial charge in [-0.25, -0.2) is 0 Å². The lowest BCUT2D eigenvalue weighted by molar-refractivity contribution is 0.373. The van der Waals surface area contributed by atoms with E-state index in [1.54, 1.807) is 30.4 Å². The van der Waals surface area contributed by atoms with Crippen LogP contribution in [-0.2, 0) is 0 Å². The molecule has 0 aliphatic carbocycles. The van der Waals surface area contributed by atoms with Gasteiger partial charge < -0.3 is 19.4 Å². The van der Waals surface area contributed by atoms with Gasteiger partial charge in [0.25, 0.3) is 0 Å². The van der Waals surface area contributed by atoms with Gasteiger partial charge in [-0.1, -0.05) is 12.1 Å². The van der Waals surface area contributed by atoms with Crippen molar-refractivity contribution in [2.24, 2.45) is 0 Å². The zero-order valence-electron chi connectivity index (χ0n) is 12.3. The fraction of sp³-hybridized carbons (Fsp3) is 0.0556. The molecule has 0 saturated carbocycles. The first-order valence-corrected chi connectivity index (χ1v) is 6.89. The maximum atomic E-state index is 12.1. The van der Waals surface area contributed by atoms with Crippen molar-refractivity contribution in [1.82, 2.24) is 0 Å². The highest BCUT2D eigenvalue weighted by molar-refractivity contribution is 5.79. The largest absolute Gasteiger partial charge is 0.508 e. The molecule has 0 amide bonds. The van der Waals surface area contributed by atoms with Crippen LogP contribution in [0.15, 0.2) is 51.7 Å². The Kier molecular flexibility index (Phi) is 3.76. The van der Waals surface area contributed by atoms with Gasteiger partial charge in [0.15, 0.2) is 16.9 Å². The highest BCUT2D eigenvalue weighted by Gasteiger charge is 2.04. The maximum Gasteiger partial charge on any atom is 0.193 e. The monoisotopic (exact) mass is 310 g/mol. The normalized spacial score (nSPS) is 11.2. The van der Waals surface area contributed by atoms with Crippen LogP contribution in [-0.4, -0.2) is 17.3 Å². The van der Waals surface area contributed by atoms with Gasteiger partial charge in [0.2, 0.25) is 0 Å². The standard InChI is InChI=1S/C18H14O5/c1-22-18-8-11(3-6-15(18)20)2-5-13-10-16(21)14-9-12(19)4-7-17(14)23-13/h2-10,19-20H,1H3/b5-2+. The predicted octanol–water partition coefficient (Wildman–Crippen LogP) is 3.38. The Labute approximate surface area is 131 Å². The molecule has 3 rings (SSSR count). The molecule has 0 radical (unpaired) electrons. The van der Waals surface area contributed by atoms with E-state index in [1.165, 1.54) is 31.4 Å². The van der Waals surface area contributed by atoms with Gasteiger partial charge in [-0.2, -0.15) is 0 Å². The number of hydrogen-bond donors (Lipinski definition) is 2. The zero-order valence-corrected chi connectivity index (χ0v) is 12.3. The molecule has 0 fully saturated rings. The second-order valence-corrected chi connectivity index (χ2v) is 4.96. The van der Waals surface area contributed by atoms with Crippen molar-refractivity contribution in [3.05, 3.63) is 64.0 Å². The molecule has 0 unspecified atom stereocenters. The van der Waals surface area contributed by atoms with Crippen LogP contribution in [0.5, 0.6) is 17.2 Å². The van der Waals surface area contributed by atoms with E-state index in [4.69, 9.17) is 9.15 Å². The van der Waals surface area contributed by atoms with E-state index in [1.807, 2.05) is 0 Å². The average Bonchev–Trinajstić information content (AvgIpc) is 2.55. The molecule has 3 aromatic rings. The first-order chi connectivity index (χ1) is 11.1. The number of aromatic hydroxyl groups is 2. The summed E-state index contributed by atoms with van der Waals surface area (Å²) in [4.78, 5) is 12.1. The van der Waals surface area contributed by atoms with Crippen LogP contribution in [0.25, 0.3) is 23.1 Å². The maximum absolute atomic E-state index is 12.1. The van der Waals surface area contributed by atoms with Crippen LogP contribution < -0.4 is 10.2 Å². The van der Waals surface area contributed by atoms with E-state index in [0.29, 0.717) is 22.5 Å². The second kappa shape index (κ2) is 5.88. The van der Waals surface area contributed by atoms with Crippen LogP contribution in [0.2, 0.25) is 0 Å². The minimum Gasteiger partial charge on any atom is -0.508 e. The molecule has 116 valence electrons. The van der Waals surface area contributed by atoms with Gasteiger partial charge in [-0.05, 0) is 42.0 Å². The molecule has 0 bridgehead atoms. The average molecular weight is 310 g/mol. The van der Waals surface area contributed by atoms with Gasteiger partial charge in [0, 0.05) is 6.07 Å². The zero-order chi connectivity index (χ0) is 16.4. The van der Waals surface area contributed by atoms with Gasteiger partial charge in [0.05, 0.1) is 12.5 Å². The summed E-state index contributed by atoms with van der Waals surface area (Å²) in [6.45, 7) is 0. The Morgan fingerprint density at radius 1 is 1.04 bits per heavy atom. The lowest BCUT2D eigenvalue weighted by Crippen LogP contribution is -1.99. The highest BCUT2D eigenvalue weighted by atomic mass is 16.5. The third-order valence-electron chi connectivity index (χ3n) is 3.37. The predicted molar refractivity (Wildman–Crippen MR) is 87.7 cm³/mol. The van der Waals surface area contributed by atoms with E-state index in [2.05, 4.69) is 0 Å².